The minimum absolute atomic E-state index is 0.0596. The molecule has 1 aromatic rings. The molecule has 18 heavy (non-hydrogen) atoms. The highest BCUT2D eigenvalue weighted by molar-refractivity contribution is 5.94. The van der Waals surface area contributed by atoms with Crippen molar-refractivity contribution in [3.8, 4) is 0 Å². The Labute approximate surface area is 109 Å². The minimum atomic E-state index is 0.0596. The van der Waals surface area contributed by atoms with Gasteiger partial charge in [-0.25, -0.2) is 4.98 Å². The van der Waals surface area contributed by atoms with Gasteiger partial charge >= 0.3 is 0 Å². The maximum atomic E-state index is 12.3. The molecule has 0 atom stereocenters. The van der Waals surface area contributed by atoms with Crippen LogP contribution < -0.4 is 5.73 Å². The lowest BCUT2D eigenvalue weighted by Gasteiger charge is -2.22. The van der Waals surface area contributed by atoms with Crippen LogP contribution in [0.25, 0.3) is 0 Å². The van der Waals surface area contributed by atoms with E-state index < -0.39 is 0 Å². The van der Waals surface area contributed by atoms with Crippen molar-refractivity contribution < 1.29 is 4.79 Å². The zero-order valence-corrected chi connectivity index (χ0v) is 11.4. The average Bonchev–Trinajstić information content (AvgIpc) is 2.39. The lowest BCUT2D eigenvalue weighted by Crippen LogP contribution is -2.33. The Hall–Kier alpha value is -1.58. The van der Waals surface area contributed by atoms with Crippen LogP contribution in [-0.2, 0) is 0 Å². The number of hydrogen-bond donors (Lipinski definition) is 1. The molecule has 0 unspecified atom stereocenters. The molecule has 0 aliphatic heterocycles. The summed E-state index contributed by atoms with van der Waals surface area (Å²) in [7, 11) is 0. The first-order valence-corrected chi connectivity index (χ1v) is 6.69. The van der Waals surface area contributed by atoms with Crippen molar-refractivity contribution in [2.75, 3.05) is 18.8 Å². The van der Waals surface area contributed by atoms with Crippen molar-refractivity contribution in [3.63, 3.8) is 0 Å². The maximum absolute atomic E-state index is 12.3. The van der Waals surface area contributed by atoms with Crippen LogP contribution in [0.15, 0.2) is 18.3 Å². The third kappa shape index (κ3) is 4.35. The van der Waals surface area contributed by atoms with Crippen LogP contribution in [-0.4, -0.2) is 28.9 Å². The molecular weight excluding hydrogens is 226 g/mol. The molecule has 4 heteroatoms. The number of aromatic nitrogens is 1. The molecule has 1 heterocycles. The highest BCUT2D eigenvalue weighted by Crippen LogP contribution is 2.08. The molecule has 100 valence electrons. The highest BCUT2D eigenvalue weighted by Gasteiger charge is 2.14. The Kier molecular flexibility index (Phi) is 6.19. The molecule has 1 amide bonds. The number of carbonyl (C=O) groups is 1. The summed E-state index contributed by atoms with van der Waals surface area (Å²) in [6.07, 6.45) is 5.82. The van der Waals surface area contributed by atoms with Gasteiger partial charge in [-0.05, 0) is 25.0 Å². The summed E-state index contributed by atoms with van der Waals surface area (Å²) in [4.78, 5) is 18.2. The highest BCUT2D eigenvalue weighted by atomic mass is 16.2. The Morgan fingerprint density at radius 3 is 2.28 bits per heavy atom. The molecule has 0 saturated heterocycles. The smallest absolute Gasteiger partial charge is 0.255 e. The molecule has 0 aliphatic rings. The molecule has 4 nitrogen and oxygen atoms in total. The van der Waals surface area contributed by atoms with Crippen LogP contribution in [0.5, 0.6) is 0 Å². The van der Waals surface area contributed by atoms with Gasteiger partial charge in [0.1, 0.15) is 5.82 Å². The van der Waals surface area contributed by atoms with Crippen molar-refractivity contribution in [1.29, 1.82) is 0 Å². The van der Waals surface area contributed by atoms with Crippen molar-refractivity contribution in [3.05, 3.63) is 23.9 Å². The van der Waals surface area contributed by atoms with Crippen LogP contribution in [0, 0.1) is 0 Å². The number of nitrogens with two attached hydrogens (primary N) is 1. The van der Waals surface area contributed by atoms with E-state index >= 15 is 0 Å². The van der Waals surface area contributed by atoms with E-state index in [4.69, 9.17) is 5.73 Å². The first kappa shape index (κ1) is 14.5. The maximum Gasteiger partial charge on any atom is 0.255 e. The topological polar surface area (TPSA) is 59.2 Å². The standard InChI is InChI=1S/C14H23N3O/c1-3-5-9-17(10-6-4-2)14(18)12-7-8-13(15)16-11-12/h7-8,11H,3-6,9-10H2,1-2H3,(H2,15,16). The summed E-state index contributed by atoms with van der Waals surface area (Å²) in [5.74, 6) is 0.504. The number of amides is 1. The van der Waals surface area contributed by atoms with Crippen LogP contribution in [0.1, 0.15) is 49.9 Å². The molecule has 0 bridgehead atoms. The number of pyridine rings is 1. The van der Waals surface area contributed by atoms with Crippen molar-refractivity contribution in [1.82, 2.24) is 9.88 Å². The summed E-state index contributed by atoms with van der Waals surface area (Å²) in [5.41, 5.74) is 6.15. The fourth-order valence-electron chi connectivity index (χ4n) is 1.73. The summed E-state index contributed by atoms with van der Waals surface area (Å²) < 4.78 is 0. The van der Waals surface area contributed by atoms with Gasteiger partial charge in [-0.2, -0.15) is 0 Å². The van der Waals surface area contributed by atoms with Crippen molar-refractivity contribution in [2.45, 2.75) is 39.5 Å². The van der Waals surface area contributed by atoms with E-state index in [1.165, 1.54) is 0 Å². The quantitative estimate of drug-likeness (QED) is 0.808. The Balaban J connectivity index is 2.70. The minimum Gasteiger partial charge on any atom is -0.384 e. The van der Waals surface area contributed by atoms with Crippen LogP contribution >= 0.6 is 0 Å². The van der Waals surface area contributed by atoms with Gasteiger partial charge in [0.2, 0.25) is 0 Å². The number of carbonyl (C=O) groups excluding carboxylic acids is 1. The molecule has 1 rings (SSSR count). The van der Waals surface area contributed by atoms with E-state index in [2.05, 4.69) is 18.8 Å². The molecule has 0 spiro atoms. The summed E-state index contributed by atoms with van der Waals surface area (Å²) in [6, 6.07) is 3.42. The fraction of sp³-hybridized carbons (Fsp3) is 0.571. The normalized spacial score (nSPS) is 10.3. The van der Waals surface area contributed by atoms with E-state index in [1.54, 1.807) is 18.3 Å². The third-order valence-electron chi connectivity index (χ3n) is 2.88. The average molecular weight is 249 g/mol. The molecule has 2 N–H and O–H groups in total. The van der Waals surface area contributed by atoms with Gasteiger partial charge in [0.25, 0.3) is 5.91 Å². The SMILES string of the molecule is CCCCN(CCCC)C(=O)c1ccc(N)nc1. The number of nitrogen functional groups attached to an aromatic ring is 1. The van der Waals surface area contributed by atoms with E-state index in [1.807, 2.05) is 4.90 Å². The van der Waals surface area contributed by atoms with E-state index in [-0.39, 0.29) is 5.91 Å². The van der Waals surface area contributed by atoms with Crippen LogP contribution in [0.2, 0.25) is 0 Å². The summed E-state index contributed by atoms with van der Waals surface area (Å²) in [6.45, 7) is 5.90. The molecule has 0 fully saturated rings. The van der Waals surface area contributed by atoms with E-state index in [0.717, 1.165) is 38.8 Å². The predicted molar refractivity (Wildman–Crippen MR) is 74.4 cm³/mol. The second kappa shape index (κ2) is 7.69. The van der Waals surface area contributed by atoms with Crippen molar-refractivity contribution >= 4 is 11.7 Å². The van der Waals surface area contributed by atoms with Crippen molar-refractivity contribution in [2.24, 2.45) is 0 Å². The Morgan fingerprint density at radius 2 is 1.83 bits per heavy atom. The van der Waals surface area contributed by atoms with Gasteiger partial charge < -0.3 is 10.6 Å². The molecule has 0 aromatic carbocycles. The molecule has 0 saturated carbocycles. The summed E-state index contributed by atoms with van der Waals surface area (Å²) in [5, 5.41) is 0. The van der Waals surface area contributed by atoms with Gasteiger partial charge in [-0.15, -0.1) is 0 Å². The second-order valence-corrected chi connectivity index (χ2v) is 4.47. The van der Waals surface area contributed by atoms with Gasteiger partial charge in [0, 0.05) is 19.3 Å². The third-order valence-corrected chi connectivity index (χ3v) is 2.88. The number of nitrogens with zero attached hydrogens (tertiary/aromatic N) is 2. The molecule has 0 aliphatic carbocycles. The molecule has 1 aromatic heterocycles. The largest absolute Gasteiger partial charge is 0.384 e. The predicted octanol–water partition coefficient (Wildman–Crippen LogP) is 2.71. The molecular formula is C14H23N3O. The fourth-order valence-corrected chi connectivity index (χ4v) is 1.73. The van der Waals surface area contributed by atoms with Crippen LogP contribution in [0.4, 0.5) is 5.82 Å². The second-order valence-electron chi connectivity index (χ2n) is 4.47. The number of rotatable bonds is 7. The van der Waals surface area contributed by atoms with Gasteiger partial charge in [-0.3, -0.25) is 4.79 Å². The van der Waals surface area contributed by atoms with Gasteiger partial charge in [0.15, 0.2) is 0 Å². The number of anilines is 1. The number of unbranched alkanes of at least 4 members (excludes halogenated alkanes) is 2. The van der Waals surface area contributed by atoms with Crippen LogP contribution in [0.3, 0.4) is 0 Å². The first-order valence-electron chi connectivity index (χ1n) is 6.69. The lowest BCUT2D eigenvalue weighted by atomic mass is 10.2. The summed E-state index contributed by atoms with van der Waals surface area (Å²) >= 11 is 0. The van der Waals surface area contributed by atoms with Gasteiger partial charge in [0.05, 0.1) is 5.56 Å². The number of hydrogen-bond acceptors (Lipinski definition) is 3. The zero-order valence-electron chi connectivity index (χ0n) is 11.4. The van der Waals surface area contributed by atoms with E-state index in [9.17, 15) is 4.79 Å². The first-order chi connectivity index (χ1) is 8.69. The lowest BCUT2D eigenvalue weighted by molar-refractivity contribution is 0.0750. The Bertz CT molecular complexity index is 354. The monoisotopic (exact) mass is 249 g/mol. The zero-order chi connectivity index (χ0) is 13.4. The van der Waals surface area contributed by atoms with Gasteiger partial charge in [-0.1, -0.05) is 26.7 Å². The van der Waals surface area contributed by atoms with E-state index in [0.29, 0.717) is 11.4 Å². The Morgan fingerprint density at radius 1 is 1.22 bits per heavy atom. The molecule has 0 radical (unpaired) electrons.